The van der Waals surface area contributed by atoms with E-state index in [0.29, 0.717) is 22.8 Å². The van der Waals surface area contributed by atoms with Crippen LogP contribution in [0.3, 0.4) is 0 Å². The number of hydroxylamine groups is 2. The molecule has 0 aliphatic carbocycles. The van der Waals surface area contributed by atoms with Crippen molar-refractivity contribution in [2.75, 3.05) is 39.9 Å². The van der Waals surface area contributed by atoms with Crippen LogP contribution >= 0.6 is 0 Å². The molecule has 2 N–H and O–H groups in total. The first kappa shape index (κ1) is 28.3. The van der Waals surface area contributed by atoms with Gasteiger partial charge in [-0.1, -0.05) is 0 Å². The summed E-state index contributed by atoms with van der Waals surface area (Å²) in [4.78, 5) is 64.4. The number of carboxylic acids is 1. The Bertz CT molecular complexity index is 1150. The molecule has 204 valence electrons. The number of nitrogens with zero attached hydrogens (tertiary/aromatic N) is 4. The van der Waals surface area contributed by atoms with Gasteiger partial charge in [-0.05, 0) is 50.6 Å². The Morgan fingerprint density at radius 2 is 1.76 bits per heavy atom. The highest BCUT2D eigenvalue weighted by atomic mass is 16.8. The summed E-state index contributed by atoms with van der Waals surface area (Å²) in [6.07, 6.45) is -1.25. The highest BCUT2D eigenvalue weighted by Gasteiger charge is 2.31. The number of carbonyl (C=O) groups is 4. The molecule has 0 radical (unpaired) electrons. The van der Waals surface area contributed by atoms with Gasteiger partial charge < -0.3 is 29.6 Å². The lowest BCUT2D eigenvalue weighted by molar-refractivity contribution is -0.157. The van der Waals surface area contributed by atoms with Crippen molar-refractivity contribution < 1.29 is 38.6 Å². The number of aromatic nitrogens is 2. The van der Waals surface area contributed by atoms with Crippen LogP contribution in [0.25, 0.3) is 11.4 Å². The fraction of sp³-hybridized carbons (Fsp3) is 0.440. The van der Waals surface area contributed by atoms with Gasteiger partial charge in [-0.15, -0.1) is 5.06 Å². The molecule has 13 heteroatoms. The molecule has 2 amide bonds. The summed E-state index contributed by atoms with van der Waals surface area (Å²) in [6.45, 7) is 4.46. The van der Waals surface area contributed by atoms with Crippen molar-refractivity contribution in [2.45, 2.75) is 32.7 Å². The van der Waals surface area contributed by atoms with E-state index in [4.69, 9.17) is 14.3 Å². The lowest BCUT2D eigenvalue weighted by atomic mass is 10.1. The molecular formula is C25H31N5O8. The highest BCUT2D eigenvalue weighted by molar-refractivity contribution is 5.96. The number of carboxylic acid groups (broad SMARTS) is 1. The Morgan fingerprint density at radius 1 is 1.08 bits per heavy atom. The fourth-order valence-electron chi connectivity index (χ4n) is 3.78. The number of carbonyl (C=O) groups excluding carboxylic acids is 3. The van der Waals surface area contributed by atoms with E-state index < -0.39 is 30.0 Å². The van der Waals surface area contributed by atoms with E-state index in [0.717, 1.165) is 0 Å². The lowest BCUT2D eigenvalue weighted by Gasteiger charge is -2.35. The number of methoxy groups -OCH3 is 1. The maximum atomic E-state index is 13.2. The summed E-state index contributed by atoms with van der Waals surface area (Å²) in [6, 6.07) is 7.43. The monoisotopic (exact) mass is 529 g/mol. The Labute approximate surface area is 219 Å². The van der Waals surface area contributed by atoms with Crippen LogP contribution in [0.2, 0.25) is 0 Å². The molecule has 0 spiro atoms. The minimum atomic E-state index is -1.09. The quantitative estimate of drug-likeness (QED) is 0.431. The molecule has 13 nitrogen and oxygen atoms in total. The fourth-order valence-corrected chi connectivity index (χ4v) is 3.78. The third-order valence-corrected chi connectivity index (χ3v) is 5.70. The minimum absolute atomic E-state index is 0.0455. The summed E-state index contributed by atoms with van der Waals surface area (Å²) in [5.41, 5.74) is 1.26. The average Bonchev–Trinajstić information content (AvgIpc) is 2.90. The van der Waals surface area contributed by atoms with Gasteiger partial charge in [0.15, 0.2) is 5.82 Å². The molecule has 1 aromatic carbocycles. The molecule has 3 rings (SSSR count). The van der Waals surface area contributed by atoms with Crippen LogP contribution in [-0.4, -0.2) is 94.9 Å². The number of piperazine rings is 1. The van der Waals surface area contributed by atoms with Gasteiger partial charge in [0.05, 0.1) is 26.8 Å². The Morgan fingerprint density at radius 3 is 2.37 bits per heavy atom. The number of aryl methyl sites for hydroxylation is 1. The molecule has 0 unspecified atom stereocenters. The molecule has 1 atom stereocenters. The first-order valence-electron chi connectivity index (χ1n) is 12.1. The molecule has 38 heavy (non-hydrogen) atoms. The molecule has 2 aromatic rings. The summed E-state index contributed by atoms with van der Waals surface area (Å²) in [5.74, 6) is -1.17. The van der Waals surface area contributed by atoms with Gasteiger partial charge >= 0.3 is 12.1 Å². The average molecular weight is 530 g/mol. The second-order valence-electron chi connectivity index (χ2n) is 8.43. The first-order valence-corrected chi connectivity index (χ1v) is 12.1. The maximum Gasteiger partial charge on any atom is 0.527 e. The second-order valence-corrected chi connectivity index (χ2v) is 8.43. The maximum absolute atomic E-state index is 13.2. The zero-order chi connectivity index (χ0) is 27.7. The van der Waals surface area contributed by atoms with E-state index >= 15 is 0 Å². The molecule has 1 aliphatic rings. The third kappa shape index (κ3) is 7.87. The lowest BCUT2D eigenvalue weighted by Crippen LogP contribution is -2.55. The number of ether oxygens (including phenoxy) is 2. The predicted molar refractivity (Wildman–Crippen MR) is 133 cm³/mol. The van der Waals surface area contributed by atoms with Crippen molar-refractivity contribution >= 4 is 23.9 Å². The smallest absolute Gasteiger partial charge is 0.497 e. The summed E-state index contributed by atoms with van der Waals surface area (Å²) in [5, 5.41) is 13.2. The Kier molecular flexibility index (Phi) is 9.93. The van der Waals surface area contributed by atoms with Gasteiger partial charge in [0, 0.05) is 30.8 Å². The molecule has 1 saturated heterocycles. The van der Waals surface area contributed by atoms with Gasteiger partial charge in [-0.2, -0.15) is 0 Å². The van der Waals surface area contributed by atoms with Crippen LogP contribution < -0.4 is 10.1 Å². The van der Waals surface area contributed by atoms with Crippen molar-refractivity contribution in [3.8, 4) is 17.1 Å². The number of nitrogens with one attached hydrogen (secondary N) is 1. The zero-order valence-electron chi connectivity index (χ0n) is 21.5. The van der Waals surface area contributed by atoms with Crippen molar-refractivity contribution in [3.63, 3.8) is 0 Å². The van der Waals surface area contributed by atoms with Gasteiger partial charge in [-0.3, -0.25) is 14.4 Å². The van der Waals surface area contributed by atoms with Crippen molar-refractivity contribution in [2.24, 2.45) is 0 Å². The normalized spacial score (nSPS) is 14.3. The van der Waals surface area contributed by atoms with E-state index in [-0.39, 0.29) is 51.3 Å². The van der Waals surface area contributed by atoms with Crippen LogP contribution in [0.5, 0.6) is 5.75 Å². The van der Waals surface area contributed by atoms with E-state index in [1.165, 1.54) is 16.0 Å². The zero-order valence-corrected chi connectivity index (χ0v) is 21.5. The summed E-state index contributed by atoms with van der Waals surface area (Å²) >= 11 is 0. The summed E-state index contributed by atoms with van der Waals surface area (Å²) in [7, 11) is 1.56. The minimum Gasteiger partial charge on any atom is -0.497 e. The predicted octanol–water partition coefficient (Wildman–Crippen LogP) is 1.66. The van der Waals surface area contributed by atoms with E-state index in [9.17, 15) is 24.3 Å². The van der Waals surface area contributed by atoms with Crippen LogP contribution in [0, 0.1) is 6.92 Å². The topological polar surface area (TPSA) is 160 Å². The standard InChI is InChI=1S/C25H31N5O8/c1-4-37-25(35)38-30-13-11-29(12-14-30)24(34)19(9-10-21(31)32)28-23(33)20-15-16(2)26-22(27-20)17-5-7-18(36-3)8-6-17/h5-8,15,19H,4,9-14H2,1-3H3,(H,28,33)(H,31,32)/t19-/m0/s1. The molecule has 1 fully saturated rings. The number of aliphatic carboxylic acids is 1. The molecule has 1 aromatic heterocycles. The number of rotatable bonds is 10. The van der Waals surface area contributed by atoms with Gasteiger partial charge in [-0.25, -0.2) is 14.8 Å². The molecule has 2 heterocycles. The molecule has 0 bridgehead atoms. The number of hydrogen-bond donors (Lipinski definition) is 2. The SMILES string of the molecule is CCOC(=O)ON1CCN(C(=O)[C@H](CCC(=O)O)NC(=O)c2cc(C)nc(-c3ccc(OC)cc3)n2)CC1. The van der Waals surface area contributed by atoms with Crippen molar-refractivity contribution in [1.29, 1.82) is 0 Å². The van der Waals surface area contributed by atoms with Crippen LogP contribution in [0.4, 0.5) is 4.79 Å². The summed E-state index contributed by atoms with van der Waals surface area (Å²) < 4.78 is 9.92. The van der Waals surface area contributed by atoms with Crippen LogP contribution in [0.15, 0.2) is 30.3 Å². The molecular weight excluding hydrogens is 498 g/mol. The van der Waals surface area contributed by atoms with Crippen molar-refractivity contribution in [1.82, 2.24) is 25.2 Å². The number of amides is 2. The van der Waals surface area contributed by atoms with Gasteiger partial charge in [0.25, 0.3) is 5.91 Å². The molecule has 1 aliphatic heterocycles. The van der Waals surface area contributed by atoms with E-state index in [1.807, 2.05) is 0 Å². The largest absolute Gasteiger partial charge is 0.527 e. The number of hydrogen-bond acceptors (Lipinski definition) is 10. The van der Waals surface area contributed by atoms with E-state index in [2.05, 4.69) is 15.3 Å². The van der Waals surface area contributed by atoms with Gasteiger partial charge in [0.1, 0.15) is 17.5 Å². The van der Waals surface area contributed by atoms with Crippen LogP contribution in [0.1, 0.15) is 35.9 Å². The molecule has 0 saturated carbocycles. The highest BCUT2D eigenvalue weighted by Crippen LogP contribution is 2.20. The van der Waals surface area contributed by atoms with E-state index in [1.54, 1.807) is 45.2 Å². The van der Waals surface area contributed by atoms with Gasteiger partial charge in [0.2, 0.25) is 5.91 Å². The Balaban J connectivity index is 1.71. The van der Waals surface area contributed by atoms with Crippen LogP contribution in [-0.2, 0) is 19.2 Å². The third-order valence-electron chi connectivity index (χ3n) is 5.70. The second kappa shape index (κ2) is 13.3. The first-order chi connectivity index (χ1) is 18.2. The number of benzene rings is 1. The Hall–Kier alpha value is -4.26. The van der Waals surface area contributed by atoms with Crippen molar-refractivity contribution in [3.05, 3.63) is 41.7 Å².